The maximum absolute atomic E-state index is 12.6. The van der Waals surface area contributed by atoms with E-state index in [4.69, 9.17) is 27.9 Å². The van der Waals surface area contributed by atoms with E-state index in [0.717, 1.165) is 16.4 Å². The van der Waals surface area contributed by atoms with Crippen LogP contribution >= 0.6 is 23.2 Å². The van der Waals surface area contributed by atoms with E-state index < -0.39 is 52.3 Å². The molecule has 0 aromatic heterocycles. The smallest absolute Gasteiger partial charge is 0.387 e. The Morgan fingerprint density at radius 3 is 2.24 bits per heavy atom. The number of imide groups is 1. The zero-order chi connectivity index (χ0) is 24.9. The van der Waals surface area contributed by atoms with Crippen LogP contribution in [0.25, 0.3) is 0 Å². The first-order chi connectivity index (χ1) is 15.3. The Labute approximate surface area is 197 Å². The molecule has 2 amide bonds. The van der Waals surface area contributed by atoms with Gasteiger partial charge in [-0.2, -0.15) is 8.78 Å². The quantitative estimate of drug-likeness (QED) is 0.527. The van der Waals surface area contributed by atoms with Crippen LogP contribution in [0.15, 0.2) is 41.3 Å². The van der Waals surface area contributed by atoms with Crippen molar-refractivity contribution in [1.82, 2.24) is 9.62 Å². The van der Waals surface area contributed by atoms with Crippen LogP contribution in [0.4, 0.5) is 8.78 Å². The number of esters is 1. The number of nitrogens with zero attached hydrogens (tertiary/aromatic N) is 1. The van der Waals surface area contributed by atoms with Crippen molar-refractivity contribution in [3.05, 3.63) is 57.6 Å². The van der Waals surface area contributed by atoms with Crippen LogP contribution in [0.1, 0.15) is 20.7 Å². The van der Waals surface area contributed by atoms with Gasteiger partial charge in [0.2, 0.25) is 10.0 Å². The van der Waals surface area contributed by atoms with Crippen LogP contribution in [-0.2, 0) is 19.6 Å². The molecule has 0 aliphatic heterocycles. The molecule has 0 saturated heterocycles. The van der Waals surface area contributed by atoms with E-state index in [1.165, 1.54) is 38.4 Å². The average Bonchev–Trinajstić information content (AvgIpc) is 2.73. The van der Waals surface area contributed by atoms with Gasteiger partial charge in [-0.05, 0) is 36.4 Å². The van der Waals surface area contributed by atoms with Gasteiger partial charge in [0.15, 0.2) is 12.4 Å². The second-order valence-corrected chi connectivity index (χ2v) is 9.40. The Kier molecular flexibility index (Phi) is 8.72. The monoisotopic (exact) mass is 524 g/mol. The molecule has 0 spiro atoms. The van der Waals surface area contributed by atoms with E-state index in [9.17, 15) is 31.6 Å². The summed E-state index contributed by atoms with van der Waals surface area (Å²) in [5, 5.41) is 1.48. The maximum atomic E-state index is 12.6. The molecule has 0 bridgehead atoms. The lowest BCUT2D eigenvalue weighted by atomic mass is 10.2. The first kappa shape index (κ1) is 26.5. The van der Waals surface area contributed by atoms with Crippen molar-refractivity contribution in [2.45, 2.75) is 11.5 Å². The minimum Gasteiger partial charge on any atom is -0.452 e. The van der Waals surface area contributed by atoms with Crippen LogP contribution in [0.5, 0.6) is 5.75 Å². The van der Waals surface area contributed by atoms with Crippen molar-refractivity contribution in [1.29, 1.82) is 0 Å². The molecule has 9 nitrogen and oxygen atoms in total. The topological polar surface area (TPSA) is 119 Å². The zero-order valence-electron chi connectivity index (χ0n) is 17.0. The number of halogens is 4. The molecule has 0 fully saturated rings. The van der Waals surface area contributed by atoms with Gasteiger partial charge in [-0.15, -0.1) is 0 Å². The molecule has 14 heteroatoms. The molecule has 0 heterocycles. The van der Waals surface area contributed by atoms with E-state index in [1.54, 1.807) is 0 Å². The van der Waals surface area contributed by atoms with E-state index in [0.29, 0.717) is 0 Å². The molecule has 2 aromatic rings. The van der Waals surface area contributed by atoms with Crippen LogP contribution in [-0.4, -0.2) is 57.8 Å². The third kappa shape index (κ3) is 6.84. The van der Waals surface area contributed by atoms with Gasteiger partial charge in [-0.25, -0.2) is 17.5 Å². The molecule has 178 valence electrons. The van der Waals surface area contributed by atoms with Gasteiger partial charge in [0.25, 0.3) is 11.8 Å². The van der Waals surface area contributed by atoms with Crippen molar-refractivity contribution >= 4 is 51.0 Å². The fourth-order valence-electron chi connectivity index (χ4n) is 2.35. The minimum atomic E-state index is -3.70. The van der Waals surface area contributed by atoms with Crippen molar-refractivity contribution in [3.63, 3.8) is 0 Å². The summed E-state index contributed by atoms with van der Waals surface area (Å²) in [7, 11) is -1.02. The van der Waals surface area contributed by atoms with Crippen molar-refractivity contribution in [2.24, 2.45) is 0 Å². The number of benzene rings is 2. The van der Waals surface area contributed by atoms with Crippen LogP contribution in [0.3, 0.4) is 0 Å². The SMILES string of the molecule is CN(C)S(=O)(=O)c1ccc(C(=O)NC(=O)COC(=O)c2cc(Cl)cc(Cl)c2OC(F)F)cc1. The van der Waals surface area contributed by atoms with Gasteiger partial charge in [0.1, 0.15) is 5.56 Å². The second kappa shape index (κ2) is 10.9. The van der Waals surface area contributed by atoms with Gasteiger partial charge in [0, 0.05) is 24.7 Å². The molecule has 1 N–H and O–H groups in total. The molecule has 2 rings (SSSR count). The van der Waals surface area contributed by atoms with E-state index in [1.807, 2.05) is 5.32 Å². The summed E-state index contributed by atoms with van der Waals surface area (Å²) in [5.74, 6) is -3.87. The number of sulfonamides is 1. The van der Waals surface area contributed by atoms with Crippen LogP contribution < -0.4 is 10.1 Å². The largest absolute Gasteiger partial charge is 0.452 e. The maximum Gasteiger partial charge on any atom is 0.387 e. The van der Waals surface area contributed by atoms with E-state index >= 15 is 0 Å². The predicted molar refractivity (Wildman–Crippen MR) is 113 cm³/mol. The summed E-state index contributed by atoms with van der Waals surface area (Å²) in [5.41, 5.74) is -0.591. The van der Waals surface area contributed by atoms with Gasteiger partial charge < -0.3 is 9.47 Å². The fraction of sp³-hybridized carbons (Fsp3) is 0.211. The number of hydrogen-bond acceptors (Lipinski definition) is 7. The molecule has 33 heavy (non-hydrogen) atoms. The number of carbonyl (C=O) groups excluding carboxylic acids is 3. The lowest BCUT2D eigenvalue weighted by Crippen LogP contribution is -2.34. The molecule has 0 atom stereocenters. The van der Waals surface area contributed by atoms with Gasteiger partial charge in [-0.3, -0.25) is 14.9 Å². The average molecular weight is 525 g/mol. The van der Waals surface area contributed by atoms with Gasteiger partial charge in [-0.1, -0.05) is 23.2 Å². The Bertz CT molecular complexity index is 1170. The second-order valence-electron chi connectivity index (χ2n) is 6.41. The highest BCUT2D eigenvalue weighted by Crippen LogP contribution is 2.34. The molecular weight excluding hydrogens is 509 g/mol. The molecule has 2 aromatic carbocycles. The number of nitrogens with one attached hydrogen (secondary N) is 1. The highest BCUT2D eigenvalue weighted by molar-refractivity contribution is 7.89. The highest BCUT2D eigenvalue weighted by atomic mass is 35.5. The van der Waals surface area contributed by atoms with Gasteiger partial charge >= 0.3 is 12.6 Å². The summed E-state index contributed by atoms with van der Waals surface area (Å²) in [4.78, 5) is 36.3. The zero-order valence-corrected chi connectivity index (χ0v) is 19.3. The number of alkyl halides is 2. The molecular formula is C19H16Cl2F2N2O7S. The Balaban J connectivity index is 2.03. The minimum absolute atomic E-state index is 0.0402. The van der Waals surface area contributed by atoms with Crippen molar-refractivity contribution in [3.8, 4) is 5.75 Å². The van der Waals surface area contributed by atoms with Gasteiger partial charge in [0.05, 0.1) is 9.92 Å². The summed E-state index contributed by atoms with van der Waals surface area (Å²) >= 11 is 11.5. The fourth-order valence-corrected chi connectivity index (χ4v) is 3.79. The lowest BCUT2D eigenvalue weighted by molar-refractivity contribution is -0.123. The Hall–Kier alpha value is -2.80. The van der Waals surface area contributed by atoms with E-state index in [-0.39, 0.29) is 20.5 Å². The third-order valence-electron chi connectivity index (χ3n) is 3.92. The molecule has 0 saturated carbocycles. The molecule has 0 aliphatic carbocycles. The normalized spacial score (nSPS) is 11.4. The molecule has 0 aliphatic rings. The number of ether oxygens (including phenoxy) is 2. The third-order valence-corrected chi connectivity index (χ3v) is 6.25. The number of amides is 2. The Morgan fingerprint density at radius 1 is 1.09 bits per heavy atom. The van der Waals surface area contributed by atoms with Crippen molar-refractivity contribution in [2.75, 3.05) is 20.7 Å². The molecule has 0 unspecified atom stereocenters. The van der Waals surface area contributed by atoms with Crippen LogP contribution in [0.2, 0.25) is 10.0 Å². The number of hydrogen-bond donors (Lipinski definition) is 1. The summed E-state index contributed by atoms with van der Waals surface area (Å²) in [6, 6.07) is 6.77. The number of carbonyl (C=O) groups is 3. The van der Waals surface area contributed by atoms with Crippen LogP contribution in [0, 0.1) is 0 Å². The lowest BCUT2D eigenvalue weighted by Gasteiger charge is -2.13. The Morgan fingerprint density at radius 2 is 1.70 bits per heavy atom. The first-order valence-electron chi connectivity index (χ1n) is 8.80. The summed E-state index contributed by atoms with van der Waals surface area (Å²) in [6.45, 7) is -4.24. The summed E-state index contributed by atoms with van der Waals surface area (Å²) < 4.78 is 59.2. The number of rotatable bonds is 8. The molecule has 0 radical (unpaired) electrons. The standard InChI is InChI=1S/C19H16Cl2F2N2O7S/c1-25(2)33(29,30)12-5-3-10(4-6-12)17(27)24-15(26)9-31-18(28)13-7-11(20)8-14(21)16(13)32-19(22)23/h3-8,19H,9H2,1-2H3,(H,24,26,27). The predicted octanol–water partition coefficient (Wildman–Crippen LogP) is 2.96. The first-order valence-corrected chi connectivity index (χ1v) is 11.0. The van der Waals surface area contributed by atoms with Crippen molar-refractivity contribution < 1.29 is 41.1 Å². The van der Waals surface area contributed by atoms with E-state index in [2.05, 4.69) is 4.74 Å². The summed E-state index contributed by atoms with van der Waals surface area (Å²) in [6.07, 6.45) is 0. The highest BCUT2D eigenvalue weighted by Gasteiger charge is 2.23.